The fourth-order valence-corrected chi connectivity index (χ4v) is 3.74. The van der Waals surface area contributed by atoms with Crippen molar-refractivity contribution in [1.29, 1.82) is 0 Å². The van der Waals surface area contributed by atoms with Crippen LogP contribution in [-0.4, -0.2) is 41.6 Å². The highest BCUT2D eigenvalue weighted by Crippen LogP contribution is 2.26. The van der Waals surface area contributed by atoms with E-state index in [0.29, 0.717) is 17.5 Å². The van der Waals surface area contributed by atoms with Crippen LogP contribution >= 0.6 is 11.8 Å². The molecule has 0 atom stereocenters. The Labute approximate surface area is 191 Å². The minimum Gasteiger partial charge on any atom is -0.310 e. The molecule has 0 saturated heterocycles. The quantitative estimate of drug-likeness (QED) is 0.432. The Morgan fingerprint density at radius 3 is 2.41 bits per heavy atom. The van der Waals surface area contributed by atoms with Gasteiger partial charge in [-0.25, -0.2) is 9.36 Å². The zero-order valence-corrected chi connectivity index (χ0v) is 19.1. The summed E-state index contributed by atoms with van der Waals surface area (Å²) in [6.07, 6.45) is 0. The molecule has 0 aliphatic heterocycles. The third-order valence-corrected chi connectivity index (χ3v) is 5.71. The van der Waals surface area contributed by atoms with Gasteiger partial charge in [0.25, 0.3) is 0 Å². The lowest BCUT2D eigenvalue weighted by Crippen LogP contribution is -2.17. The molecular weight excluding hydrogens is 422 g/mol. The molecule has 164 valence electrons. The lowest BCUT2D eigenvalue weighted by Gasteiger charge is -2.14. The topological polar surface area (TPSA) is 90.5 Å². The number of benzene rings is 2. The van der Waals surface area contributed by atoms with Crippen molar-refractivity contribution in [2.75, 3.05) is 11.1 Å². The van der Waals surface area contributed by atoms with E-state index >= 15 is 0 Å². The predicted octanol–water partition coefficient (Wildman–Crippen LogP) is 3.94. The zero-order valence-electron chi connectivity index (χ0n) is 18.3. The molecule has 0 fully saturated rings. The van der Waals surface area contributed by atoms with Gasteiger partial charge >= 0.3 is 0 Å². The van der Waals surface area contributed by atoms with Gasteiger partial charge in [0.15, 0.2) is 0 Å². The molecule has 0 spiro atoms. The predicted molar refractivity (Wildman–Crippen MR) is 125 cm³/mol. The Balaban J connectivity index is 1.46. The second-order valence-electron chi connectivity index (χ2n) is 8.35. The molecule has 4 rings (SSSR count). The summed E-state index contributed by atoms with van der Waals surface area (Å²) in [5.74, 6) is 0.664. The Morgan fingerprint density at radius 2 is 1.72 bits per heavy atom. The Kier molecular flexibility index (Phi) is 6.36. The first-order chi connectivity index (χ1) is 15.4. The number of carbonyl (C=O) groups is 1. The molecular formula is C23H25N7OS. The minimum absolute atomic E-state index is 0.145. The highest BCUT2D eigenvalue weighted by molar-refractivity contribution is 7.99. The van der Waals surface area contributed by atoms with Gasteiger partial charge in [0.1, 0.15) is 5.82 Å². The SMILES string of the molecule is CC(C)(C)c1cc(NC(=O)CSc2nnnn2Cc2ccccc2)n(-c2ccccc2)n1. The number of anilines is 1. The lowest BCUT2D eigenvalue weighted by atomic mass is 9.92. The smallest absolute Gasteiger partial charge is 0.236 e. The first-order valence-corrected chi connectivity index (χ1v) is 11.3. The van der Waals surface area contributed by atoms with E-state index in [-0.39, 0.29) is 17.1 Å². The summed E-state index contributed by atoms with van der Waals surface area (Å²) in [4.78, 5) is 12.8. The molecule has 8 nitrogen and oxygen atoms in total. The van der Waals surface area contributed by atoms with Crippen molar-refractivity contribution >= 4 is 23.5 Å². The monoisotopic (exact) mass is 447 g/mol. The standard InChI is InChI=1S/C23H25N7OS/c1-23(2,3)19-14-20(30(26-19)18-12-8-5-9-13-18)24-21(31)16-32-22-25-27-28-29(22)15-17-10-6-4-7-11-17/h4-14H,15-16H2,1-3H3,(H,24,31). The Bertz CT molecular complexity index is 1180. The molecule has 1 amide bonds. The van der Waals surface area contributed by atoms with Crippen LogP contribution in [0, 0.1) is 0 Å². The molecule has 0 aliphatic carbocycles. The second kappa shape index (κ2) is 9.35. The number of aromatic nitrogens is 6. The summed E-state index contributed by atoms with van der Waals surface area (Å²) in [6, 6.07) is 21.6. The maximum Gasteiger partial charge on any atom is 0.236 e. The minimum atomic E-state index is -0.151. The van der Waals surface area contributed by atoms with Gasteiger partial charge in [-0.1, -0.05) is 81.1 Å². The summed E-state index contributed by atoms with van der Waals surface area (Å²) in [5.41, 5.74) is 2.73. The number of rotatable bonds is 7. The van der Waals surface area contributed by atoms with Crippen molar-refractivity contribution in [3.05, 3.63) is 78.0 Å². The number of nitrogens with zero attached hydrogens (tertiary/aromatic N) is 6. The van der Waals surface area contributed by atoms with Gasteiger partial charge in [0.05, 0.1) is 23.7 Å². The Morgan fingerprint density at radius 1 is 1.03 bits per heavy atom. The molecule has 9 heteroatoms. The summed E-state index contributed by atoms with van der Waals surface area (Å²) in [5, 5.41) is 20.2. The van der Waals surface area contributed by atoms with Gasteiger partial charge in [-0.3, -0.25) is 4.79 Å². The van der Waals surface area contributed by atoms with Crippen LogP contribution < -0.4 is 5.32 Å². The van der Waals surface area contributed by atoms with Crippen LogP contribution in [0.25, 0.3) is 5.69 Å². The van der Waals surface area contributed by atoms with E-state index in [1.54, 1.807) is 9.36 Å². The van der Waals surface area contributed by atoms with Crippen LogP contribution in [0.4, 0.5) is 5.82 Å². The fraction of sp³-hybridized carbons (Fsp3) is 0.261. The number of amides is 1. The molecule has 2 heterocycles. The van der Waals surface area contributed by atoms with E-state index < -0.39 is 0 Å². The summed E-state index contributed by atoms with van der Waals surface area (Å²) in [6.45, 7) is 6.84. The summed E-state index contributed by atoms with van der Waals surface area (Å²) in [7, 11) is 0. The van der Waals surface area contributed by atoms with E-state index in [2.05, 4.69) is 41.6 Å². The summed E-state index contributed by atoms with van der Waals surface area (Å²) >= 11 is 1.30. The van der Waals surface area contributed by atoms with Crippen molar-refractivity contribution in [1.82, 2.24) is 30.0 Å². The highest BCUT2D eigenvalue weighted by atomic mass is 32.2. The first-order valence-electron chi connectivity index (χ1n) is 10.3. The lowest BCUT2D eigenvalue weighted by molar-refractivity contribution is -0.113. The number of carbonyl (C=O) groups excluding carboxylic acids is 1. The third kappa shape index (κ3) is 5.23. The zero-order chi connectivity index (χ0) is 22.6. The number of hydrogen-bond acceptors (Lipinski definition) is 6. The van der Waals surface area contributed by atoms with Gasteiger partial charge in [0, 0.05) is 11.5 Å². The van der Waals surface area contributed by atoms with Crippen molar-refractivity contribution in [3.63, 3.8) is 0 Å². The number of para-hydroxylation sites is 1. The molecule has 0 bridgehead atoms. The van der Waals surface area contributed by atoms with Gasteiger partial charge in [-0.2, -0.15) is 5.10 Å². The van der Waals surface area contributed by atoms with Crippen molar-refractivity contribution in [2.24, 2.45) is 0 Å². The summed E-state index contributed by atoms with van der Waals surface area (Å²) < 4.78 is 3.46. The molecule has 4 aromatic rings. The maximum absolute atomic E-state index is 12.8. The second-order valence-corrected chi connectivity index (χ2v) is 9.30. The van der Waals surface area contributed by atoms with Gasteiger partial charge in [-0.15, -0.1) is 5.10 Å². The molecule has 0 saturated carbocycles. The normalized spacial score (nSPS) is 11.5. The molecule has 0 unspecified atom stereocenters. The first kappa shape index (κ1) is 21.8. The van der Waals surface area contributed by atoms with Crippen LogP contribution in [-0.2, 0) is 16.8 Å². The van der Waals surface area contributed by atoms with Crippen LogP contribution in [0.15, 0.2) is 71.9 Å². The van der Waals surface area contributed by atoms with Crippen LogP contribution in [0.3, 0.4) is 0 Å². The van der Waals surface area contributed by atoms with E-state index in [9.17, 15) is 4.79 Å². The number of tetrazole rings is 1. The van der Waals surface area contributed by atoms with E-state index in [4.69, 9.17) is 5.10 Å². The number of nitrogens with one attached hydrogen (secondary N) is 1. The van der Waals surface area contributed by atoms with E-state index in [1.807, 2.05) is 66.7 Å². The molecule has 0 radical (unpaired) electrons. The van der Waals surface area contributed by atoms with Crippen LogP contribution in [0.1, 0.15) is 32.0 Å². The Hall–Kier alpha value is -3.46. The van der Waals surface area contributed by atoms with Crippen molar-refractivity contribution < 1.29 is 4.79 Å². The molecule has 2 aromatic carbocycles. The van der Waals surface area contributed by atoms with Gasteiger partial charge < -0.3 is 5.32 Å². The number of thioether (sulfide) groups is 1. The van der Waals surface area contributed by atoms with Crippen LogP contribution in [0.5, 0.6) is 0 Å². The fourth-order valence-electron chi connectivity index (χ4n) is 3.07. The van der Waals surface area contributed by atoms with Crippen LogP contribution in [0.2, 0.25) is 0 Å². The largest absolute Gasteiger partial charge is 0.310 e. The van der Waals surface area contributed by atoms with Crippen molar-refractivity contribution in [3.8, 4) is 5.69 Å². The number of hydrogen-bond donors (Lipinski definition) is 1. The highest BCUT2D eigenvalue weighted by Gasteiger charge is 2.21. The van der Waals surface area contributed by atoms with Crippen molar-refractivity contribution in [2.45, 2.75) is 37.9 Å². The van der Waals surface area contributed by atoms with E-state index in [0.717, 1.165) is 16.9 Å². The molecule has 1 N–H and O–H groups in total. The van der Waals surface area contributed by atoms with Gasteiger partial charge in [-0.05, 0) is 28.1 Å². The average molecular weight is 448 g/mol. The third-order valence-electron chi connectivity index (χ3n) is 4.75. The molecule has 32 heavy (non-hydrogen) atoms. The van der Waals surface area contributed by atoms with E-state index in [1.165, 1.54) is 11.8 Å². The van der Waals surface area contributed by atoms with Gasteiger partial charge in [0.2, 0.25) is 11.1 Å². The average Bonchev–Trinajstić information content (AvgIpc) is 3.40. The maximum atomic E-state index is 12.8. The molecule has 0 aliphatic rings. The molecule has 2 aromatic heterocycles.